The Labute approximate surface area is 509 Å². The molecule has 0 spiro atoms. The average molecular weight is 1190 g/mol. The molecule has 0 aliphatic carbocycles. The van der Waals surface area contributed by atoms with Crippen molar-refractivity contribution in [3.05, 3.63) is 251 Å². The monoisotopic (exact) mass is 1190 g/mol. The Balaban J connectivity index is 1.07. The number of rotatable bonds is 30. The Bertz CT molecular complexity index is 2990. The fourth-order valence-electron chi connectivity index (χ4n) is 10.9. The number of carbonyl (C=O) groups is 1. The van der Waals surface area contributed by atoms with Crippen LogP contribution in [0.5, 0.6) is 0 Å². The molecule has 0 amide bonds. The second kappa shape index (κ2) is 32.3. The molecule has 10 atom stereocenters. The van der Waals surface area contributed by atoms with Crippen LogP contribution in [0.25, 0.3) is 0 Å². The van der Waals surface area contributed by atoms with Crippen LogP contribution in [0.1, 0.15) is 58.2 Å². The average Bonchev–Trinajstić information content (AvgIpc) is 2.80. The van der Waals surface area contributed by atoms with Crippen molar-refractivity contribution in [2.75, 3.05) is 38.9 Å². The second-order valence-electron chi connectivity index (χ2n) is 21.4. The maximum atomic E-state index is 14.3. The zero-order valence-corrected chi connectivity index (χ0v) is 50.1. The van der Waals surface area contributed by atoms with E-state index in [0.29, 0.717) is 13.2 Å². The summed E-state index contributed by atoms with van der Waals surface area (Å²) in [7, 11) is 2.76. The predicted octanol–water partition coefficient (Wildman–Crippen LogP) is 12.7. The van der Waals surface area contributed by atoms with Gasteiger partial charge in [0.1, 0.15) is 41.2 Å². The number of hydrogen-bond acceptors (Lipinski definition) is 15. The predicted molar refractivity (Wildman–Crippen MR) is 329 cm³/mol. The first-order valence-corrected chi connectivity index (χ1v) is 31.4. The van der Waals surface area contributed by atoms with E-state index >= 15 is 0 Å². The van der Waals surface area contributed by atoms with Crippen molar-refractivity contribution in [2.45, 2.75) is 130 Å². The van der Waals surface area contributed by atoms with Gasteiger partial charge in [-0.05, 0) is 56.9 Å². The van der Waals surface area contributed by atoms with Crippen LogP contribution in [0.3, 0.4) is 0 Å². The summed E-state index contributed by atoms with van der Waals surface area (Å²) in [5, 5.41) is 0. The molecule has 7 aromatic rings. The van der Waals surface area contributed by atoms with Crippen molar-refractivity contribution in [1.29, 1.82) is 0 Å². The van der Waals surface area contributed by atoms with E-state index in [9.17, 15) is 4.79 Å². The van der Waals surface area contributed by atoms with Gasteiger partial charge in [0, 0.05) is 20.0 Å². The maximum absolute atomic E-state index is 14.3. The van der Waals surface area contributed by atoms with E-state index in [2.05, 4.69) is 48.5 Å². The molecule has 0 aromatic heterocycles. The molecular formula is C70H78O13S2. The van der Waals surface area contributed by atoms with Gasteiger partial charge in [0.05, 0.1) is 78.8 Å². The van der Waals surface area contributed by atoms with Gasteiger partial charge >= 0.3 is 5.97 Å². The molecule has 0 saturated carbocycles. The second-order valence-corrected chi connectivity index (χ2v) is 24.2. The fraction of sp³-hybridized carbons (Fsp3) is 0.386. The molecule has 0 unspecified atom stereocenters. The molecular weight excluding hydrogens is 1110 g/mol. The van der Waals surface area contributed by atoms with Crippen LogP contribution in [0, 0.1) is 0 Å². The molecule has 3 fully saturated rings. The van der Waals surface area contributed by atoms with E-state index in [1.54, 1.807) is 23.5 Å². The van der Waals surface area contributed by atoms with E-state index in [-0.39, 0.29) is 63.7 Å². The van der Waals surface area contributed by atoms with Gasteiger partial charge < -0.3 is 56.8 Å². The standard InChI is InChI=1S/C70H78O13S2/c1-72-67(71)69(73-2)41-59(75-44-53-27-12-4-13-28-53)63(79-48-57-35-20-8-21-36-57)66(82-69)62(78-47-56-33-18-7-19-34-56)51-81-70(68-84-39-24-40-85-68)42-60(76-45-54-29-14-5-15-30-54)64(80-49-58-37-22-9-23-38-58)65(83-70)61(77-46-55-31-16-6-17-32-55)50-74-43-52-25-10-3-11-26-52/h3-23,25-38,59-66,68H,24,39-51H2,1-2H3/t59-,60-,61-,62-,63-,64-,65-,66-,69-,70-/m1/s1. The normalized spacial score (nSPS) is 24.3. The van der Waals surface area contributed by atoms with Gasteiger partial charge in [-0.25, -0.2) is 4.79 Å². The lowest BCUT2D eigenvalue weighted by atomic mass is 9.91. The molecule has 448 valence electrons. The SMILES string of the molecule is COC(=O)[C@@]1(OC)C[C@@H](OCc2ccccc2)[C@@H](OCc2ccccc2)[C@@H]([C@@H](CO[C@]2(C3SCCCS3)C[C@@H](OCc3ccccc3)[C@@H](OCc3ccccc3)[C@@H]([C@@H](COCc3ccccc3)OCc3ccccc3)O2)OCc2ccccc2)O1. The summed E-state index contributed by atoms with van der Waals surface area (Å²) in [6.45, 7) is 1.80. The highest BCUT2D eigenvalue weighted by molar-refractivity contribution is 8.17. The molecule has 85 heavy (non-hydrogen) atoms. The minimum absolute atomic E-state index is 0.0448. The van der Waals surface area contributed by atoms with Gasteiger partial charge in [-0.2, -0.15) is 0 Å². The third-order valence-corrected chi connectivity index (χ3v) is 18.6. The van der Waals surface area contributed by atoms with E-state index in [1.165, 1.54) is 14.2 Å². The number of thioether (sulfide) groups is 2. The molecule has 0 N–H and O–H groups in total. The van der Waals surface area contributed by atoms with Gasteiger partial charge in [-0.15, -0.1) is 23.5 Å². The highest BCUT2D eigenvalue weighted by Gasteiger charge is 2.59. The first kappa shape index (κ1) is 62.3. The zero-order valence-electron chi connectivity index (χ0n) is 48.4. The van der Waals surface area contributed by atoms with E-state index < -0.39 is 66.4 Å². The molecule has 3 aliphatic heterocycles. The Morgan fingerprint density at radius 1 is 0.459 bits per heavy atom. The van der Waals surface area contributed by atoms with E-state index in [1.807, 2.05) is 164 Å². The van der Waals surface area contributed by atoms with E-state index in [4.69, 9.17) is 56.8 Å². The van der Waals surface area contributed by atoms with Crippen LogP contribution in [-0.4, -0.2) is 110 Å². The highest BCUT2D eigenvalue weighted by Crippen LogP contribution is 2.49. The topological polar surface area (TPSA) is 128 Å². The van der Waals surface area contributed by atoms with Crippen LogP contribution < -0.4 is 0 Å². The Morgan fingerprint density at radius 3 is 1.24 bits per heavy atom. The summed E-state index contributed by atoms with van der Waals surface area (Å²) in [6.07, 6.45) is -5.26. The van der Waals surface area contributed by atoms with Gasteiger partial charge in [0.25, 0.3) is 5.79 Å². The Morgan fingerprint density at radius 2 is 0.824 bits per heavy atom. The quantitative estimate of drug-likeness (QED) is 0.0396. The van der Waals surface area contributed by atoms with Crippen molar-refractivity contribution >= 4 is 29.5 Å². The van der Waals surface area contributed by atoms with Gasteiger partial charge in [0.15, 0.2) is 5.79 Å². The molecule has 3 saturated heterocycles. The molecule has 0 bridgehead atoms. The molecule has 13 nitrogen and oxygen atoms in total. The lowest BCUT2D eigenvalue weighted by Crippen LogP contribution is -2.66. The Kier molecular flexibility index (Phi) is 23.7. The zero-order chi connectivity index (χ0) is 58.4. The lowest BCUT2D eigenvalue weighted by Gasteiger charge is -2.53. The van der Waals surface area contributed by atoms with Crippen molar-refractivity contribution in [1.82, 2.24) is 0 Å². The maximum Gasteiger partial charge on any atom is 0.366 e. The molecule has 0 radical (unpaired) electrons. The number of hydrogen-bond donors (Lipinski definition) is 0. The smallest absolute Gasteiger partial charge is 0.366 e. The van der Waals surface area contributed by atoms with E-state index in [0.717, 1.165) is 56.9 Å². The third-order valence-electron chi connectivity index (χ3n) is 15.4. The summed E-state index contributed by atoms with van der Waals surface area (Å²) in [4.78, 5) is 14.3. The molecule has 15 heteroatoms. The van der Waals surface area contributed by atoms with Gasteiger partial charge in [-0.3, -0.25) is 0 Å². The fourth-order valence-corrected chi connectivity index (χ4v) is 14.1. The number of methoxy groups -OCH3 is 2. The highest BCUT2D eigenvalue weighted by atomic mass is 32.2. The first-order valence-electron chi connectivity index (χ1n) is 29.3. The number of carbonyl (C=O) groups excluding carboxylic acids is 1. The van der Waals surface area contributed by atoms with Crippen molar-refractivity contribution in [2.24, 2.45) is 0 Å². The molecule has 3 heterocycles. The Hall–Kier alpha value is -5.73. The minimum atomic E-state index is -1.93. The number of esters is 1. The van der Waals surface area contributed by atoms with Crippen LogP contribution in [0.4, 0.5) is 0 Å². The van der Waals surface area contributed by atoms with Crippen molar-refractivity contribution < 1.29 is 61.6 Å². The van der Waals surface area contributed by atoms with Crippen LogP contribution >= 0.6 is 23.5 Å². The summed E-state index contributed by atoms with van der Waals surface area (Å²) in [5.41, 5.74) is 6.81. The summed E-state index contributed by atoms with van der Waals surface area (Å²) < 4.78 is 83.5. The largest absolute Gasteiger partial charge is 0.465 e. The van der Waals surface area contributed by atoms with Crippen LogP contribution in [0.2, 0.25) is 0 Å². The first-order chi connectivity index (χ1) is 41.9. The van der Waals surface area contributed by atoms with Crippen LogP contribution in [-0.2, 0) is 108 Å². The van der Waals surface area contributed by atoms with Crippen molar-refractivity contribution in [3.8, 4) is 0 Å². The number of ether oxygens (including phenoxy) is 12. The molecule has 10 rings (SSSR count). The molecule has 7 aromatic carbocycles. The van der Waals surface area contributed by atoms with Crippen molar-refractivity contribution in [3.63, 3.8) is 0 Å². The minimum Gasteiger partial charge on any atom is -0.465 e. The summed E-state index contributed by atoms with van der Waals surface area (Å²) in [6, 6.07) is 70.3. The number of benzene rings is 7. The lowest BCUT2D eigenvalue weighted by molar-refractivity contribution is -0.358. The third kappa shape index (κ3) is 17.5. The van der Waals surface area contributed by atoms with Gasteiger partial charge in [-0.1, -0.05) is 212 Å². The summed E-state index contributed by atoms with van der Waals surface area (Å²) >= 11 is 3.60. The molecule has 3 aliphatic rings. The summed E-state index contributed by atoms with van der Waals surface area (Å²) in [5.74, 6) is -2.30. The van der Waals surface area contributed by atoms with Gasteiger partial charge in [0.2, 0.25) is 0 Å². The van der Waals surface area contributed by atoms with Crippen LogP contribution in [0.15, 0.2) is 212 Å².